The van der Waals surface area contributed by atoms with Gasteiger partial charge in [-0.25, -0.2) is 0 Å². The summed E-state index contributed by atoms with van der Waals surface area (Å²) in [5, 5.41) is 5.88. The second-order valence-electron chi connectivity index (χ2n) is 6.84. The van der Waals surface area contributed by atoms with Crippen LogP contribution in [-0.2, 0) is 9.59 Å². The summed E-state index contributed by atoms with van der Waals surface area (Å²) >= 11 is 7.11. The van der Waals surface area contributed by atoms with Crippen LogP contribution >= 0.6 is 22.9 Å². The number of benzene rings is 1. The minimum absolute atomic E-state index is 0.0617. The number of thiophene rings is 1. The van der Waals surface area contributed by atoms with Gasteiger partial charge in [0.25, 0.3) is 5.91 Å². The van der Waals surface area contributed by atoms with Gasteiger partial charge in [0.05, 0.1) is 15.1 Å². The molecule has 0 radical (unpaired) electrons. The van der Waals surface area contributed by atoms with Crippen molar-refractivity contribution in [3.8, 4) is 0 Å². The normalized spacial score (nSPS) is 18.5. The highest BCUT2D eigenvalue weighted by molar-refractivity contribution is 7.18. The lowest BCUT2D eigenvalue weighted by atomic mass is 10.0. The van der Waals surface area contributed by atoms with Gasteiger partial charge in [-0.15, -0.1) is 11.3 Å². The van der Waals surface area contributed by atoms with Gasteiger partial charge in [-0.1, -0.05) is 18.0 Å². The summed E-state index contributed by atoms with van der Waals surface area (Å²) < 4.78 is 0.560. The highest BCUT2D eigenvalue weighted by atomic mass is 35.5. The second-order valence-corrected chi connectivity index (χ2v) is 8.55. The third-order valence-corrected chi connectivity index (χ3v) is 6.19. The molecule has 1 saturated carbocycles. The molecule has 148 valence electrons. The van der Waals surface area contributed by atoms with Gasteiger partial charge >= 0.3 is 0 Å². The lowest BCUT2D eigenvalue weighted by molar-refractivity contribution is -0.120. The Hall–Kier alpha value is -2.38. The van der Waals surface area contributed by atoms with Crippen molar-refractivity contribution in [1.29, 1.82) is 0 Å². The van der Waals surface area contributed by atoms with Gasteiger partial charge in [0.2, 0.25) is 11.8 Å². The maximum absolute atomic E-state index is 12.7. The van der Waals surface area contributed by atoms with Crippen LogP contribution < -0.4 is 15.5 Å². The molecule has 2 atom stereocenters. The van der Waals surface area contributed by atoms with Crippen molar-refractivity contribution in [3.63, 3.8) is 0 Å². The standard InChI is InChI=1S/C20H22ClN3O3S/c1-12(25)24(2)14-8-6-13(7-9-14)22-19(26)15-4-3-5-16(15)23-20(27)17-10-11-18(21)28-17/h6-11,15-16H,3-5H2,1-2H3,(H,22,26)(H,23,27). The largest absolute Gasteiger partial charge is 0.348 e. The molecule has 2 unspecified atom stereocenters. The molecular weight excluding hydrogens is 398 g/mol. The fourth-order valence-electron chi connectivity index (χ4n) is 3.31. The molecule has 3 rings (SSSR count). The second kappa shape index (κ2) is 8.75. The van der Waals surface area contributed by atoms with Gasteiger partial charge in [-0.3, -0.25) is 14.4 Å². The van der Waals surface area contributed by atoms with Gasteiger partial charge in [0.15, 0.2) is 0 Å². The van der Waals surface area contributed by atoms with Crippen molar-refractivity contribution in [3.05, 3.63) is 45.6 Å². The number of amides is 3. The molecule has 1 heterocycles. The van der Waals surface area contributed by atoms with Crippen LogP contribution in [0.25, 0.3) is 0 Å². The van der Waals surface area contributed by atoms with E-state index in [1.165, 1.54) is 23.2 Å². The van der Waals surface area contributed by atoms with Crippen molar-refractivity contribution in [2.24, 2.45) is 5.92 Å². The summed E-state index contributed by atoms with van der Waals surface area (Å²) in [6.45, 7) is 1.49. The smallest absolute Gasteiger partial charge is 0.261 e. The van der Waals surface area contributed by atoms with E-state index in [0.29, 0.717) is 14.9 Å². The molecule has 1 aliphatic rings. The maximum atomic E-state index is 12.7. The van der Waals surface area contributed by atoms with Crippen LogP contribution in [0.2, 0.25) is 4.34 Å². The Morgan fingerprint density at radius 3 is 2.43 bits per heavy atom. The average Bonchev–Trinajstić information content (AvgIpc) is 3.30. The van der Waals surface area contributed by atoms with Crippen molar-refractivity contribution < 1.29 is 14.4 Å². The fourth-order valence-corrected chi connectivity index (χ4v) is 4.25. The highest BCUT2D eigenvalue weighted by Gasteiger charge is 2.34. The Labute approximate surface area is 172 Å². The van der Waals surface area contributed by atoms with E-state index in [2.05, 4.69) is 10.6 Å². The summed E-state index contributed by atoms with van der Waals surface area (Å²) in [4.78, 5) is 38.6. The van der Waals surface area contributed by atoms with Crippen LogP contribution in [0.1, 0.15) is 35.9 Å². The van der Waals surface area contributed by atoms with Crippen molar-refractivity contribution in [2.45, 2.75) is 32.2 Å². The van der Waals surface area contributed by atoms with E-state index >= 15 is 0 Å². The molecule has 1 aromatic carbocycles. The first-order chi connectivity index (χ1) is 13.3. The maximum Gasteiger partial charge on any atom is 0.261 e. The topological polar surface area (TPSA) is 78.5 Å². The van der Waals surface area contributed by atoms with Gasteiger partial charge < -0.3 is 15.5 Å². The van der Waals surface area contributed by atoms with Crippen LogP contribution in [0.3, 0.4) is 0 Å². The van der Waals surface area contributed by atoms with E-state index in [1.807, 2.05) is 0 Å². The molecular formula is C20H22ClN3O3S. The number of nitrogens with zero attached hydrogens (tertiary/aromatic N) is 1. The van der Waals surface area contributed by atoms with E-state index in [0.717, 1.165) is 24.9 Å². The first-order valence-corrected chi connectivity index (χ1v) is 10.3. The molecule has 0 aliphatic heterocycles. The molecule has 2 aromatic rings. The summed E-state index contributed by atoms with van der Waals surface area (Å²) in [6.07, 6.45) is 2.38. The number of anilines is 2. The Balaban J connectivity index is 1.61. The summed E-state index contributed by atoms with van der Waals surface area (Å²) in [7, 11) is 1.70. The summed E-state index contributed by atoms with van der Waals surface area (Å²) in [5.41, 5.74) is 1.42. The van der Waals surface area contributed by atoms with Crippen molar-refractivity contribution in [2.75, 3.05) is 17.3 Å². The molecule has 2 N–H and O–H groups in total. The Bertz CT molecular complexity index is 881. The SMILES string of the molecule is CC(=O)N(C)c1ccc(NC(=O)C2CCCC2NC(=O)c2ccc(Cl)s2)cc1. The van der Waals surface area contributed by atoms with Crippen LogP contribution in [0.4, 0.5) is 11.4 Å². The number of rotatable bonds is 5. The Morgan fingerprint density at radius 2 is 1.82 bits per heavy atom. The van der Waals surface area contributed by atoms with Crippen LogP contribution in [0.5, 0.6) is 0 Å². The number of hydrogen-bond acceptors (Lipinski definition) is 4. The van der Waals surface area contributed by atoms with E-state index < -0.39 is 0 Å². The van der Waals surface area contributed by atoms with Crippen LogP contribution in [0, 0.1) is 5.92 Å². The average molecular weight is 420 g/mol. The molecule has 6 nitrogen and oxygen atoms in total. The quantitative estimate of drug-likeness (QED) is 0.770. The minimum Gasteiger partial charge on any atom is -0.348 e. The number of halogens is 1. The molecule has 0 saturated heterocycles. The van der Waals surface area contributed by atoms with Crippen molar-refractivity contribution >= 4 is 52.0 Å². The molecule has 0 bridgehead atoms. The molecule has 1 aliphatic carbocycles. The summed E-state index contributed by atoms with van der Waals surface area (Å²) in [5.74, 6) is -0.648. The number of hydrogen-bond donors (Lipinski definition) is 2. The van der Waals surface area contributed by atoms with E-state index in [1.54, 1.807) is 43.4 Å². The summed E-state index contributed by atoms with van der Waals surface area (Å²) in [6, 6.07) is 10.3. The lowest BCUT2D eigenvalue weighted by Gasteiger charge is -2.20. The van der Waals surface area contributed by atoms with Gasteiger partial charge in [-0.05, 0) is 49.2 Å². The molecule has 8 heteroatoms. The fraction of sp³-hybridized carbons (Fsp3) is 0.350. The molecule has 3 amide bonds. The molecule has 0 spiro atoms. The third kappa shape index (κ3) is 4.72. The van der Waals surface area contributed by atoms with Crippen molar-refractivity contribution in [1.82, 2.24) is 5.32 Å². The number of carbonyl (C=O) groups is 3. The first kappa shape index (κ1) is 20.4. The molecule has 28 heavy (non-hydrogen) atoms. The Kier molecular flexibility index (Phi) is 6.36. The van der Waals surface area contributed by atoms with Gasteiger partial charge in [-0.2, -0.15) is 0 Å². The predicted octanol–water partition coefficient (Wildman–Crippen LogP) is 3.92. The number of carbonyl (C=O) groups excluding carboxylic acids is 3. The zero-order valence-electron chi connectivity index (χ0n) is 15.7. The minimum atomic E-state index is -0.279. The van der Waals surface area contributed by atoms with E-state index in [4.69, 9.17) is 11.6 Å². The third-order valence-electron chi connectivity index (χ3n) is 4.96. The zero-order chi connectivity index (χ0) is 20.3. The highest BCUT2D eigenvalue weighted by Crippen LogP contribution is 2.29. The lowest BCUT2D eigenvalue weighted by Crippen LogP contribution is -2.41. The van der Waals surface area contributed by atoms with Gasteiger partial charge in [0, 0.05) is 31.4 Å². The first-order valence-electron chi connectivity index (χ1n) is 9.06. The molecule has 1 aromatic heterocycles. The van der Waals surface area contributed by atoms with Gasteiger partial charge in [0.1, 0.15) is 0 Å². The molecule has 1 fully saturated rings. The Morgan fingerprint density at radius 1 is 1.11 bits per heavy atom. The van der Waals surface area contributed by atoms with Crippen LogP contribution in [0.15, 0.2) is 36.4 Å². The zero-order valence-corrected chi connectivity index (χ0v) is 17.3. The monoisotopic (exact) mass is 419 g/mol. The number of nitrogens with one attached hydrogen (secondary N) is 2. The predicted molar refractivity (Wildman–Crippen MR) is 112 cm³/mol. The van der Waals surface area contributed by atoms with Crippen LogP contribution in [-0.4, -0.2) is 30.8 Å². The van der Waals surface area contributed by atoms with E-state index in [9.17, 15) is 14.4 Å². The van der Waals surface area contributed by atoms with E-state index in [-0.39, 0.29) is 29.7 Å².